The molecule has 2 heterocycles. The van der Waals surface area contributed by atoms with Gasteiger partial charge in [0.1, 0.15) is 17.6 Å². The lowest BCUT2D eigenvalue weighted by molar-refractivity contribution is -0.122. The third-order valence-corrected chi connectivity index (χ3v) is 6.05. The van der Waals surface area contributed by atoms with Crippen LogP contribution in [0.1, 0.15) is 18.4 Å². The fourth-order valence-corrected chi connectivity index (χ4v) is 4.23. The lowest BCUT2D eigenvalue weighted by Gasteiger charge is -2.26. The number of rotatable bonds is 7. The first-order chi connectivity index (χ1) is 16.5. The first-order valence-corrected chi connectivity index (χ1v) is 11.5. The van der Waals surface area contributed by atoms with E-state index >= 15 is 0 Å². The van der Waals surface area contributed by atoms with Crippen LogP contribution in [0.4, 0.5) is 5.82 Å². The van der Waals surface area contributed by atoms with Crippen molar-refractivity contribution in [3.05, 3.63) is 66.2 Å². The summed E-state index contributed by atoms with van der Waals surface area (Å²) in [5, 5.41) is 22.7. The van der Waals surface area contributed by atoms with Crippen molar-refractivity contribution in [2.45, 2.75) is 18.9 Å². The van der Waals surface area contributed by atoms with Gasteiger partial charge in [-0.05, 0) is 74.5 Å². The number of nitriles is 1. The second-order valence-corrected chi connectivity index (χ2v) is 8.75. The molecule has 2 N–H and O–H groups in total. The van der Waals surface area contributed by atoms with E-state index in [1.54, 1.807) is 24.3 Å². The number of benzene rings is 2. The Bertz CT molecular complexity index is 1200. The number of para-hydroxylation sites is 1. The average Bonchev–Trinajstić information content (AvgIpc) is 3.34. The van der Waals surface area contributed by atoms with Crippen LogP contribution >= 0.6 is 0 Å². The zero-order chi connectivity index (χ0) is 24.1. The Kier molecular flexibility index (Phi) is 7.09. The summed E-state index contributed by atoms with van der Waals surface area (Å²) in [6.07, 6.45) is 1.67. The number of likely N-dealkylation sites (N-methyl/N-ethyl adjacent to an activating group) is 1. The molecule has 7 nitrogen and oxygen atoms in total. The molecule has 0 aliphatic carbocycles. The highest BCUT2D eigenvalue weighted by molar-refractivity contribution is 5.86. The second kappa shape index (κ2) is 10.4. The van der Waals surface area contributed by atoms with Crippen molar-refractivity contribution < 1.29 is 9.90 Å². The van der Waals surface area contributed by atoms with Crippen molar-refractivity contribution >= 4 is 11.7 Å². The number of carbonyl (C=O) groups excluding carboxylic acids is 1. The fourth-order valence-electron chi connectivity index (χ4n) is 4.23. The highest BCUT2D eigenvalue weighted by Crippen LogP contribution is 2.35. The van der Waals surface area contributed by atoms with Crippen LogP contribution in [0.25, 0.3) is 22.4 Å². The molecule has 0 spiro atoms. The summed E-state index contributed by atoms with van der Waals surface area (Å²) in [6, 6.07) is 20.3. The molecule has 1 amide bonds. The quantitative estimate of drug-likeness (QED) is 0.565. The number of nitrogens with one attached hydrogen (secondary N) is 1. The molecule has 1 aliphatic heterocycles. The van der Waals surface area contributed by atoms with E-state index in [0.717, 1.165) is 37.1 Å². The molecule has 1 saturated heterocycles. The van der Waals surface area contributed by atoms with Crippen molar-refractivity contribution in [2.24, 2.45) is 0 Å². The highest BCUT2D eigenvalue weighted by Gasteiger charge is 2.32. The molecular weight excluding hydrogens is 426 g/mol. The van der Waals surface area contributed by atoms with E-state index in [-0.39, 0.29) is 17.7 Å². The molecule has 1 fully saturated rings. The van der Waals surface area contributed by atoms with Crippen LogP contribution in [0.3, 0.4) is 0 Å². The summed E-state index contributed by atoms with van der Waals surface area (Å²) in [4.78, 5) is 21.9. The lowest BCUT2D eigenvalue weighted by atomic mass is 10.0. The van der Waals surface area contributed by atoms with Crippen LogP contribution in [0, 0.1) is 11.3 Å². The van der Waals surface area contributed by atoms with E-state index in [0.29, 0.717) is 29.2 Å². The number of phenols is 1. The molecule has 4 rings (SSSR count). The second-order valence-electron chi connectivity index (χ2n) is 8.75. The minimum Gasteiger partial charge on any atom is -0.507 e. The molecule has 0 bridgehead atoms. The first-order valence-electron chi connectivity index (χ1n) is 11.5. The summed E-state index contributed by atoms with van der Waals surface area (Å²) in [6.45, 7) is 2.11. The predicted octanol–water partition coefficient (Wildman–Crippen LogP) is 3.64. The largest absolute Gasteiger partial charge is 0.507 e. The van der Waals surface area contributed by atoms with Gasteiger partial charge in [-0.1, -0.05) is 24.3 Å². The average molecular weight is 456 g/mol. The molecule has 1 atom stereocenters. The fraction of sp³-hybridized carbons (Fsp3) is 0.296. The molecule has 0 unspecified atom stereocenters. The third-order valence-electron chi connectivity index (χ3n) is 6.05. The highest BCUT2D eigenvalue weighted by atomic mass is 16.3. The number of hydrogen-bond acceptors (Lipinski definition) is 6. The van der Waals surface area contributed by atoms with Gasteiger partial charge in [0.25, 0.3) is 0 Å². The number of carbonyl (C=O) groups is 1. The van der Waals surface area contributed by atoms with Crippen LogP contribution < -0.4 is 10.2 Å². The Morgan fingerprint density at radius 3 is 2.65 bits per heavy atom. The maximum absolute atomic E-state index is 13.0. The van der Waals surface area contributed by atoms with Gasteiger partial charge in [0, 0.05) is 25.2 Å². The first kappa shape index (κ1) is 23.3. The minimum atomic E-state index is -0.289. The smallest absolute Gasteiger partial charge is 0.242 e. The Labute approximate surface area is 200 Å². The number of anilines is 1. The SMILES string of the molecule is CN(C)CCNC(=O)[C@@H]1CCCN1c1cc(-c2ccc(C#N)cc2)cc(-c2ccccc2O)n1. The van der Waals surface area contributed by atoms with Gasteiger partial charge in [-0.2, -0.15) is 5.26 Å². The Balaban J connectivity index is 1.72. The predicted molar refractivity (Wildman–Crippen MR) is 133 cm³/mol. The maximum atomic E-state index is 13.0. The molecule has 174 valence electrons. The molecule has 7 heteroatoms. The van der Waals surface area contributed by atoms with Gasteiger partial charge in [-0.25, -0.2) is 4.98 Å². The van der Waals surface area contributed by atoms with E-state index < -0.39 is 0 Å². The van der Waals surface area contributed by atoms with Crippen molar-refractivity contribution in [2.75, 3.05) is 38.6 Å². The van der Waals surface area contributed by atoms with E-state index in [1.165, 1.54) is 0 Å². The van der Waals surface area contributed by atoms with E-state index in [9.17, 15) is 9.90 Å². The van der Waals surface area contributed by atoms with E-state index in [4.69, 9.17) is 10.2 Å². The zero-order valence-electron chi connectivity index (χ0n) is 19.5. The summed E-state index contributed by atoms with van der Waals surface area (Å²) >= 11 is 0. The summed E-state index contributed by atoms with van der Waals surface area (Å²) in [7, 11) is 3.96. The molecule has 2 aromatic carbocycles. The number of hydrogen-bond donors (Lipinski definition) is 2. The number of aromatic hydroxyl groups is 1. The number of amides is 1. The molecule has 1 aromatic heterocycles. The van der Waals surface area contributed by atoms with Crippen molar-refractivity contribution in [1.82, 2.24) is 15.2 Å². The van der Waals surface area contributed by atoms with Crippen LogP contribution in [-0.4, -0.2) is 60.7 Å². The van der Waals surface area contributed by atoms with Crippen LogP contribution in [0.2, 0.25) is 0 Å². The summed E-state index contributed by atoms with van der Waals surface area (Å²) in [5.74, 6) is 0.858. The van der Waals surface area contributed by atoms with Crippen LogP contribution in [0.15, 0.2) is 60.7 Å². The van der Waals surface area contributed by atoms with E-state index in [2.05, 4.69) is 16.3 Å². The lowest BCUT2D eigenvalue weighted by Crippen LogP contribution is -2.45. The van der Waals surface area contributed by atoms with Crippen LogP contribution in [-0.2, 0) is 4.79 Å². The third kappa shape index (κ3) is 5.19. The number of pyridine rings is 1. The number of nitrogens with zero attached hydrogens (tertiary/aromatic N) is 4. The Morgan fingerprint density at radius 2 is 1.94 bits per heavy atom. The van der Waals surface area contributed by atoms with Gasteiger partial charge >= 0.3 is 0 Å². The topological polar surface area (TPSA) is 92.5 Å². The Hall–Kier alpha value is -3.89. The van der Waals surface area contributed by atoms with Gasteiger partial charge in [0.15, 0.2) is 0 Å². The van der Waals surface area contributed by atoms with Gasteiger partial charge in [0.05, 0.1) is 17.3 Å². The number of phenolic OH excluding ortho intramolecular Hbond substituents is 1. The van der Waals surface area contributed by atoms with Gasteiger partial charge in [-0.15, -0.1) is 0 Å². The van der Waals surface area contributed by atoms with Gasteiger partial charge in [0.2, 0.25) is 5.91 Å². The molecule has 0 radical (unpaired) electrons. The molecule has 0 saturated carbocycles. The molecule has 34 heavy (non-hydrogen) atoms. The standard InChI is InChI=1S/C27H29N5O2/c1-31(2)15-13-29-27(34)24-7-5-14-32(24)26-17-21(20-11-9-19(18-28)10-12-20)16-23(30-26)22-6-3-4-8-25(22)33/h3-4,6,8-12,16-17,24,33H,5,7,13-15H2,1-2H3,(H,29,34)/t24-/m0/s1. The van der Waals surface area contributed by atoms with Gasteiger partial charge < -0.3 is 20.2 Å². The van der Waals surface area contributed by atoms with Crippen LogP contribution in [0.5, 0.6) is 5.75 Å². The summed E-state index contributed by atoms with van der Waals surface area (Å²) < 4.78 is 0. The van der Waals surface area contributed by atoms with Gasteiger partial charge in [-0.3, -0.25) is 4.79 Å². The summed E-state index contributed by atoms with van der Waals surface area (Å²) in [5.41, 5.74) is 3.70. The van der Waals surface area contributed by atoms with Crippen molar-refractivity contribution in [3.63, 3.8) is 0 Å². The maximum Gasteiger partial charge on any atom is 0.242 e. The van der Waals surface area contributed by atoms with Crippen molar-refractivity contribution in [1.29, 1.82) is 5.26 Å². The van der Waals surface area contributed by atoms with E-state index in [1.807, 2.05) is 55.4 Å². The molecule has 1 aliphatic rings. The molecular formula is C27H29N5O2. The molecule has 3 aromatic rings. The minimum absolute atomic E-state index is 0.00837. The Morgan fingerprint density at radius 1 is 1.18 bits per heavy atom. The van der Waals surface area contributed by atoms with Crippen molar-refractivity contribution in [3.8, 4) is 34.2 Å². The monoisotopic (exact) mass is 455 g/mol. The number of aromatic nitrogens is 1. The normalized spacial score (nSPS) is 15.4. The zero-order valence-corrected chi connectivity index (χ0v) is 19.5.